The second-order valence-corrected chi connectivity index (χ2v) is 11.0. The summed E-state index contributed by atoms with van der Waals surface area (Å²) in [6.45, 7) is 1.89. The summed E-state index contributed by atoms with van der Waals surface area (Å²) in [5.74, 6) is -6.68. The Balaban J connectivity index is 1.68. The molecule has 0 saturated heterocycles. The largest absolute Gasteiger partial charge is 0.508 e. The number of aromatic hydroxyl groups is 1. The molecular formula is C27H27N3O7S. The fourth-order valence-electron chi connectivity index (χ4n) is 6.06. The predicted molar refractivity (Wildman–Crippen MR) is 140 cm³/mol. The second kappa shape index (κ2) is 8.90. The number of Topliss-reactive ketones (excluding diaryl/α,β-unsaturated/α-hetero) is 2. The maximum atomic E-state index is 13.9. The Morgan fingerprint density at radius 1 is 1.21 bits per heavy atom. The van der Waals surface area contributed by atoms with Gasteiger partial charge >= 0.3 is 0 Å². The molecular weight excluding hydrogens is 510 g/mol. The first kappa shape index (κ1) is 25.8. The van der Waals surface area contributed by atoms with E-state index in [9.17, 15) is 34.8 Å². The Morgan fingerprint density at radius 2 is 1.92 bits per heavy atom. The van der Waals surface area contributed by atoms with Gasteiger partial charge in [-0.15, -0.1) is 11.3 Å². The molecule has 0 bridgehead atoms. The number of aromatic nitrogens is 1. The number of fused-ring (bicyclic) bond motifs is 3. The number of likely N-dealkylation sites (N-methyl/N-ethyl adjacent to an activating group) is 1. The van der Waals surface area contributed by atoms with E-state index in [1.54, 1.807) is 25.7 Å². The van der Waals surface area contributed by atoms with Gasteiger partial charge in [0, 0.05) is 16.4 Å². The number of hydrogen-bond acceptors (Lipinski definition) is 10. The lowest BCUT2D eigenvalue weighted by Crippen LogP contribution is -2.65. The van der Waals surface area contributed by atoms with Crippen LogP contribution in [-0.2, 0) is 20.8 Å². The fraction of sp³-hybridized carbons (Fsp3) is 0.333. The Hall–Kier alpha value is -3.80. The third-order valence-corrected chi connectivity index (χ3v) is 8.73. The molecule has 1 heterocycles. The summed E-state index contributed by atoms with van der Waals surface area (Å²) in [5.41, 5.74) is 5.66. The molecule has 1 aromatic heterocycles. The first-order chi connectivity index (χ1) is 17.9. The maximum Gasteiger partial charge on any atom is 0.255 e. The number of amides is 1. The number of aliphatic hydroxyl groups is 3. The lowest BCUT2D eigenvalue weighted by atomic mass is 9.57. The lowest BCUT2D eigenvalue weighted by Gasteiger charge is -2.50. The summed E-state index contributed by atoms with van der Waals surface area (Å²) < 4.78 is 0. The Bertz CT molecular complexity index is 1500. The van der Waals surface area contributed by atoms with Crippen molar-refractivity contribution in [1.29, 1.82) is 0 Å². The molecule has 3 aliphatic rings. The van der Waals surface area contributed by atoms with E-state index in [1.165, 1.54) is 22.3 Å². The zero-order valence-electron chi connectivity index (χ0n) is 20.9. The summed E-state index contributed by atoms with van der Waals surface area (Å²) in [6.07, 6.45) is 4.00. The molecule has 38 heavy (non-hydrogen) atoms. The van der Waals surface area contributed by atoms with Gasteiger partial charge in [-0.25, -0.2) is 4.98 Å². The Labute approximate surface area is 222 Å². The van der Waals surface area contributed by atoms with Gasteiger partial charge in [-0.3, -0.25) is 19.3 Å². The number of hydrogen-bond donors (Lipinski definition) is 5. The number of nitrogens with two attached hydrogens (primary N) is 1. The molecule has 10 nitrogen and oxygen atoms in total. The van der Waals surface area contributed by atoms with Crippen molar-refractivity contribution in [3.05, 3.63) is 61.8 Å². The van der Waals surface area contributed by atoms with Crippen LogP contribution in [0, 0.1) is 18.8 Å². The number of carbonyl (C=O) groups excluding carboxylic acids is 3. The van der Waals surface area contributed by atoms with Crippen LogP contribution in [-0.4, -0.2) is 73.5 Å². The number of primary amides is 1. The number of phenolic OH excluding ortho intramolecular Hbond substituents is 1. The molecule has 1 fully saturated rings. The molecule has 3 aliphatic carbocycles. The van der Waals surface area contributed by atoms with Gasteiger partial charge in [0.15, 0.2) is 11.4 Å². The van der Waals surface area contributed by atoms with E-state index in [1.807, 2.05) is 19.1 Å². The zero-order valence-corrected chi connectivity index (χ0v) is 21.7. The molecule has 4 unspecified atom stereocenters. The molecule has 0 aliphatic heterocycles. The van der Waals surface area contributed by atoms with Crippen LogP contribution in [0.5, 0.6) is 5.75 Å². The van der Waals surface area contributed by atoms with Gasteiger partial charge in [0.2, 0.25) is 5.78 Å². The maximum absolute atomic E-state index is 13.9. The second-order valence-electron chi connectivity index (χ2n) is 10.1. The van der Waals surface area contributed by atoms with E-state index in [4.69, 9.17) is 5.73 Å². The number of phenols is 1. The number of carbonyl (C=O) groups is 3. The van der Waals surface area contributed by atoms with Gasteiger partial charge < -0.3 is 26.2 Å². The van der Waals surface area contributed by atoms with Gasteiger partial charge in [0.25, 0.3) is 5.91 Å². The molecule has 198 valence electrons. The first-order valence-electron chi connectivity index (χ1n) is 12.0. The number of thiazole rings is 1. The highest BCUT2D eigenvalue weighted by Gasteiger charge is 2.64. The van der Waals surface area contributed by atoms with Gasteiger partial charge in [0.05, 0.1) is 22.8 Å². The van der Waals surface area contributed by atoms with Crippen molar-refractivity contribution in [2.24, 2.45) is 17.6 Å². The van der Waals surface area contributed by atoms with Crippen molar-refractivity contribution in [2.45, 2.75) is 31.4 Å². The minimum absolute atomic E-state index is 0.0402. The van der Waals surface area contributed by atoms with E-state index in [2.05, 4.69) is 4.98 Å². The third kappa shape index (κ3) is 3.53. The van der Waals surface area contributed by atoms with Crippen LogP contribution in [0.1, 0.15) is 33.7 Å². The molecule has 1 aromatic carbocycles. The van der Waals surface area contributed by atoms with Crippen LogP contribution >= 0.6 is 11.3 Å². The molecule has 6 N–H and O–H groups in total. The van der Waals surface area contributed by atoms with E-state index in [0.717, 1.165) is 10.6 Å². The number of benzene rings is 1. The average Bonchev–Trinajstić information content (AvgIpc) is 3.25. The minimum Gasteiger partial charge on any atom is -0.508 e. The van der Waals surface area contributed by atoms with E-state index >= 15 is 0 Å². The van der Waals surface area contributed by atoms with Crippen molar-refractivity contribution in [3.8, 4) is 5.75 Å². The summed E-state index contributed by atoms with van der Waals surface area (Å²) in [4.78, 5) is 45.8. The van der Waals surface area contributed by atoms with Crippen molar-refractivity contribution in [1.82, 2.24) is 9.88 Å². The molecule has 4 atom stereocenters. The summed E-state index contributed by atoms with van der Waals surface area (Å²) >= 11 is 1.47. The predicted octanol–water partition coefficient (Wildman–Crippen LogP) is 1.90. The molecule has 1 amide bonds. The highest BCUT2D eigenvalue weighted by Crippen LogP contribution is 2.53. The van der Waals surface area contributed by atoms with Gasteiger partial charge in [-0.1, -0.05) is 12.1 Å². The highest BCUT2D eigenvalue weighted by molar-refractivity contribution is 7.10. The SMILES string of the molecule is Cc1ncsc1/C=C/c1ccc(O)c2c1CC1CC3C(N(C)C)C(=O)C(C(N)=O)=C(O)C3(O)C(=O)C1=C2O. The van der Waals surface area contributed by atoms with Crippen LogP contribution in [0.4, 0.5) is 0 Å². The van der Waals surface area contributed by atoms with Crippen LogP contribution in [0.15, 0.2) is 34.5 Å². The highest BCUT2D eigenvalue weighted by atomic mass is 32.1. The van der Waals surface area contributed by atoms with Crippen molar-refractivity contribution in [3.63, 3.8) is 0 Å². The molecule has 0 spiro atoms. The van der Waals surface area contributed by atoms with Crippen LogP contribution < -0.4 is 5.73 Å². The van der Waals surface area contributed by atoms with Crippen molar-refractivity contribution >= 4 is 46.7 Å². The van der Waals surface area contributed by atoms with Gasteiger partial charge in [0.1, 0.15) is 22.8 Å². The van der Waals surface area contributed by atoms with Gasteiger partial charge in [-0.05, 0) is 63.0 Å². The van der Waals surface area contributed by atoms with Crippen molar-refractivity contribution in [2.75, 3.05) is 14.1 Å². The number of aryl methyl sites for hydroxylation is 1. The number of aliphatic hydroxyl groups excluding tert-OH is 2. The lowest BCUT2D eigenvalue weighted by molar-refractivity contribution is -0.153. The number of nitrogens with zero attached hydrogens (tertiary/aromatic N) is 2. The smallest absolute Gasteiger partial charge is 0.255 e. The van der Waals surface area contributed by atoms with E-state index in [-0.39, 0.29) is 29.7 Å². The molecule has 5 rings (SSSR count). The Kier molecular flexibility index (Phi) is 6.05. The summed E-state index contributed by atoms with van der Waals surface area (Å²) in [5, 5.41) is 44.5. The number of rotatable bonds is 4. The standard InChI is InChI=1S/C27H27N3O7S/c1-11-17(38-10-29-11)7-5-12-4-6-16(31)19-14(12)8-13-9-15-21(30(2)3)23(33)20(26(28)36)25(35)27(15,37)24(34)18(13)22(19)32/h4-7,10,13,15,21,31-32,35,37H,8-9H2,1-3H3,(H2,28,36)/b7-5+. The molecule has 11 heteroatoms. The zero-order chi connectivity index (χ0) is 27.7. The van der Waals surface area contributed by atoms with Crippen LogP contribution in [0.2, 0.25) is 0 Å². The molecule has 0 radical (unpaired) electrons. The van der Waals surface area contributed by atoms with Gasteiger partial charge in [-0.2, -0.15) is 0 Å². The monoisotopic (exact) mass is 537 g/mol. The average molecular weight is 538 g/mol. The van der Waals surface area contributed by atoms with Crippen LogP contribution in [0.25, 0.3) is 17.9 Å². The quantitative estimate of drug-likeness (QED) is 0.365. The minimum atomic E-state index is -2.65. The first-order valence-corrected chi connectivity index (χ1v) is 12.8. The summed E-state index contributed by atoms with van der Waals surface area (Å²) in [6, 6.07) is 2.00. The normalized spacial score (nSPS) is 27.1. The molecule has 2 aromatic rings. The summed E-state index contributed by atoms with van der Waals surface area (Å²) in [7, 11) is 3.13. The number of ketones is 2. The topological polar surface area (TPSA) is 174 Å². The fourth-order valence-corrected chi connectivity index (χ4v) is 6.75. The van der Waals surface area contributed by atoms with Crippen molar-refractivity contribution < 1.29 is 34.8 Å². The van der Waals surface area contributed by atoms with E-state index < -0.39 is 58.0 Å². The molecule has 1 saturated carbocycles. The Morgan fingerprint density at radius 3 is 2.53 bits per heavy atom. The third-order valence-electron chi connectivity index (χ3n) is 7.84. The van der Waals surface area contributed by atoms with Crippen LogP contribution in [0.3, 0.4) is 0 Å². The van der Waals surface area contributed by atoms with E-state index in [0.29, 0.717) is 11.1 Å².